The Labute approximate surface area is 117 Å². The Morgan fingerprint density at radius 1 is 1.30 bits per heavy atom. The summed E-state index contributed by atoms with van der Waals surface area (Å²) in [4.78, 5) is 14.6. The smallest absolute Gasteiger partial charge is 0.333 e. The molecule has 0 unspecified atom stereocenters. The van der Waals surface area contributed by atoms with E-state index in [4.69, 9.17) is 17.3 Å². The molecule has 0 saturated carbocycles. The molecule has 0 spiro atoms. The zero-order chi connectivity index (χ0) is 14.3. The van der Waals surface area contributed by atoms with Crippen LogP contribution in [0.5, 0.6) is 0 Å². The Balaban J connectivity index is 2.24. The third-order valence-electron chi connectivity index (χ3n) is 2.82. The topological polar surface area (TPSA) is 99.3 Å². The van der Waals surface area contributed by atoms with Crippen molar-refractivity contribution < 1.29 is 4.92 Å². The fourth-order valence-corrected chi connectivity index (χ4v) is 2.00. The zero-order valence-electron chi connectivity index (χ0n) is 10.0. The molecular weight excluding hydrogens is 282 g/mol. The molecular formula is C12H8ClN5O2. The molecule has 1 aromatic carbocycles. The molecule has 0 radical (unpaired) electrons. The van der Waals surface area contributed by atoms with Crippen LogP contribution in [0.4, 0.5) is 11.5 Å². The van der Waals surface area contributed by atoms with Crippen molar-refractivity contribution >= 4 is 28.8 Å². The van der Waals surface area contributed by atoms with Gasteiger partial charge in [-0.25, -0.2) is 4.98 Å². The van der Waals surface area contributed by atoms with Gasteiger partial charge in [0, 0.05) is 16.7 Å². The highest BCUT2D eigenvalue weighted by Crippen LogP contribution is 2.26. The van der Waals surface area contributed by atoms with Gasteiger partial charge < -0.3 is 5.73 Å². The summed E-state index contributed by atoms with van der Waals surface area (Å²) in [5, 5.41) is 15.4. The first-order chi connectivity index (χ1) is 9.56. The first-order valence-electron chi connectivity index (χ1n) is 5.61. The van der Waals surface area contributed by atoms with E-state index in [9.17, 15) is 10.1 Å². The van der Waals surface area contributed by atoms with E-state index < -0.39 is 4.92 Å². The van der Waals surface area contributed by atoms with Crippen LogP contribution in [0.2, 0.25) is 5.02 Å². The summed E-state index contributed by atoms with van der Waals surface area (Å²) >= 11 is 5.83. The maximum atomic E-state index is 10.9. The van der Waals surface area contributed by atoms with Crippen molar-refractivity contribution in [3.63, 3.8) is 0 Å². The maximum absolute atomic E-state index is 10.9. The molecule has 7 nitrogen and oxygen atoms in total. The van der Waals surface area contributed by atoms with Crippen LogP contribution < -0.4 is 5.73 Å². The number of hydrogen-bond acceptors (Lipinski definition) is 5. The Morgan fingerprint density at radius 2 is 2.00 bits per heavy atom. The van der Waals surface area contributed by atoms with E-state index in [1.54, 1.807) is 30.3 Å². The van der Waals surface area contributed by atoms with Crippen molar-refractivity contribution in [1.29, 1.82) is 0 Å². The van der Waals surface area contributed by atoms with Gasteiger partial charge in [-0.15, -0.1) is 0 Å². The SMILES string of the molecule is Nc1cc(-c2ccc(Cl)cc2)nc2c([N+](=O)[O-])cnn12. The Hall–Kier alpha value is -2.67. The average molecular weight is 290 g/mol. The van der Waals surface area contributed by atoms with Crippen LogP contribution in [0.1, 0.15) is 0 Å². The fourth-order valence-electron chi connectivity index (χ4n) is 1.87. The first-order valence-corrected chi connectivity index (χ1v) is 5.98. The summed E-state index contributed by atoms with van der Waals surface area (Å²) in [5.41, 5.74) is 7.06. The van der Waals surface area contributed by atoms with Crippen LogP contribution in [0, 0.1) is 10.1 Å². The van der Waals surface area contributed by atoms with Gasteiger partial charge in [0.05, 0.1) is 10.6 Å². The molecule has 3 rings (SSSR count). The fraction of sp³-hybridized carbons (Fsp3) is 0. The monoisotopic (exact) mass is 289 g/mol. The third-order valence-corrected chi connectivity index (χ3v) is 3.07. The van der Waals surface area contributed by atoms with Gasteiger partial charge in [-0.3, -0.25) is 10.1 Å². The summed E-state index contributed by atoms with van der Waals surface area (Å²) in [7, 11) is 0. The predicted molar refractivity (Wildman–Crippen MR) is 74.5 cm³/mol. The second kappa shape index (κ2) is 4.46. The van der Waals surface area contributed by atoms with Crippen molar-refractivity contribution in [1.82, 2.24) is 14.6 Å². The molecule has 20 heavy (non-hydrogen) atoms. The molecule has 0 aliphatic rings. The Kier molecular flexibility index (Phi) is 2.76. The van der Waals surface area contributed by atoms with Gasteiger partial charge >= 0.3 is 5.69 Å². The van der Waals surface area contributed by atoms with Crippen LogP contribution >= 0.6 is 11.6 Å². The molecule has 8 heteroatoms. The van der Waals surface area contributed by atoms with E-state index in [0.29, 0.717) is 10.7 Å². The molecule has 0 aliphatic heterocycles. The number of aromatic nitrogens is 3. The van der Waals surface area contributed by atoms with Gasteiger partial charge in [-0.05, 0) is 12.1 Å². The highest BCUT2D eigenvalue weighted by atomic mass is 35.5. The van der Waals surface area contributed by atoms with Gasteiger partial charge in [0.15, 0.2) is 0 Å². The number of benzene rings is 1. The molecule has 2 aromatic heterocycles. The lowest BCUT2D eigenvalue weighted by atomic mass is 10.1. The largest absolute Gasteiger partial charge is 0.384 e. The van der Waals surface area contributed by atoms with Crippen molar-refractivity contribution in [3.8, 4) is 11.3 Å². The van der Waals surface area contributed by atoms with Crippen molar-refractivity contribution in [3.05, 3.63) is 51.7 Å². The molecule has 0 saturated heterocycles. The number of hydrogen-bond donors (Lipinski definition) is 1. The number of halogens is 1. The quantitative estimate of drug-likeness (QED) is 0.577. The molecule has 0 bridgehead atoms. The number of nitrogens with zero attached hydrogens (tertiary/aromatic N) is 4. The molecule has 0 aliphatic carbocycles. The Morgan fingerprint density at radius 3 is 2.65 bits per heavy atom. The van der Waals surface area contributed by atoms with E-state index in [0.717, 1.165) is 11.8 Å². The van der Waals surface area contributed by atoms with Gasteiger partial charge in [0.1, 0.15) is 12.0 Å². The summed E-state index contributed by atoms with van der Waals surface area (Å²) in [6, 6.07) is 8.56. The summed E-state index contributed by atoms with van der Waals surface area (Å²) in [6.45, 7) is 0. The first kappa shape index (κ1) is 12.4. The van der Waals surface area contributed by atoms with Gasteiger partial charge in [0.25, 0.3) is 0 Å². The minimum absolute atomic E-state index is 0.111. The predicted octanol–water partition coefficient (Wildman–Crippen LogP) is 2.54. The standard InChI is InChI=1S/C12H8ClN5O2/c13-8-3-1-7(2-4-8)9-5-11(14)17-12(16-9)10(6-15-17)18(19)20/h1-6H,14H2. The van der Waals surface area contributed by atoms with Crippen molar-refractivity contribution in [2.75, 3.05) is 5.73 Å². The van der Waals surface area contributed by atoms with Gasteiger partial charge in [0.2, 0.25) is 5.65 Å². The molecule has 3 aromatic rings. The van der Waals surface area contributed by atoms with Crippen molar-refractivity contribution in [2.24, 2.45) is 0 Å². The minimum Gasteiger partial charge on any atom is -0.384 e. The lowest BCUT2D eigenvalue weighted by molar-refractivity contribution is -0.383. The van der Waals surface area contributed by atoms with E-state index in [2.05, 4.69) is 10.1 Å². The summed E-state index contributed by atoms with van der Waals surface area (Å²) in [6.07, 6.45) is 1.13. The van der Waals surface area contributed by atoms with E-state index in [-0.39, 0.29) is 17.2 Å². The van der Waals surface area contributed by atoms with Crippen molar-refractivity contribution in [2.45, 2.75) is 0 Å². The highest BCUT2D eigenvalue weighted by molar-refractivity contribution is 6.30. The number of nitrogens with two attached hydrogens (primary N) is 1. The number of nitrogen functional groups attached to an aromatic ring is 1. The second-order valence-electron chi connectivity index (χ2n) is 4.10. The van der Waals surface area contributed by atoms with Crippen LogP contribution in [0.15, 0.2) is 36.5 Å². The second-order valence-corrected chi connectivity index (χ2v) is 4.53. The Bertz CT molecular complexity index is 813. The number of nitro groups is 1. The lowest BCUT2D eigenvalue weighted by Gasteiger charge is -2.04. The molecule has 0 amide bonds. The van der Waals surface area contributed by atoms with Gasteiger partial charge in [-0.2, -0.15) is 9.61 Å². The molecule has 2 heterocycles. The zero-order valence-corrected chi connectivity index (χ0v) is 10.8. The van der Waals surface area contributed by atoms with Gasteiger partial charge in [-0.1, -0.05) is 23.7 Å². The average Bonchev–Trinajstić information content (AvgIpc) is 2.84. The molecule has 0 atom stereocenters. The molecule has 2 N–H and O–H groups in total. The number of fused-ring (bicyclic) bond motifs is 1. The number of anilines is 1. The lowest BCUT2D eigenvalue weighted by Crippen LogP contribution is -2.01. The van der Waals surface area contributed by atoms with Crippen LogP contribution in [0.25, 0.3) is 16.9 Å². The van der Waals surface area contributed by atoms with Crippen LogP contribution in [-0.4, -0.2) is 19.5 Å². The van der Waals surface area contributed by atoms with E-state index in [1.165, 1.54) is 4.52 Å². The maximum Gasteiger partial charge on any atom is 0.333 e. The summed E-state index contributed by atoms with van der Waals surface area (Å²) in [5.74, 6) is 0.271. The third kappa shape index (κ3) is 1.94. The molecule has 100 valence electrons. The summed E-state index contributed by atoms with van der Waals surface area (Å²) < 4.78 is 1.23. The number of rotatable bonds is 2. The van der Waals surface area contributed by atoms with E-state index >= 15 is 0 Å². The van der Waals surface area contributed by atoms with Crippen LogP contribution in [0.3, 0.4) is 0 Å². The minimum atomic E-state index is -0.541. The normalized spacial score (nSPS) is 10.8. The van der Waals surface area contributed by atoms with E-state index in [1.807, 2.05) is 0 Å². The molecule has 0 fully saturated rings. The highest BCUT2D eigenvalue weighted by Gasteiger charge is 2.18. The van der Waals surface area contributed by atoms with Crippen LogP contribution in [-0.2, 0) is 0 Å².